The van der Waals surface area contributed by atoms with Crippen molar-refractivity contribution in [2.24, 2.45) is 5.73 Å². The Balaban J connectivity index is 2.29. The summed E-state index contributed by atoms with van der Waals surface area (Å²) < 4.78 is 5.60. The number of benzene rings is 1. The summed E-state index contributed by atoms with van der Waals surface area (Å²) in [4.78, 5) is 2.50. The molecule has 3 heteroatoms. The van der Waals surface area contributed by atoms with Gasteiger partial charge in [-0.05, 0) is 51.8 Å². The third kappa shape index (κ3) is 3.10. The Kier molecular flexibility index (Phi) is 4.16. The highest BCUT2D eigenvalue weighted by molar-refractivity contribution is 5.32. The van der Waals surface area contributed by atoms with E-state index in [0.717, 1.165) is 18.7 Å². The Morgan fingerprint density at radius 2 is 2.11 bits per heavy atom. The fourth-order valence-corrected chi connectivity index (χ4v) is 2.95. The van der Waals surface area contributed by atoms with Crippen LogP contribution < -0.4 is 10.5 Å². The van der Waals surface area contributed by atoms with Crippen molar-refractivity contribution in [1.82, 2.24) is 4.90 Å². The van der Waals surface area contributed by atoms with Crippen LogP contribution >= 0.6 is 0 Å². The van der Waals surface area contributed by atoms with Crippen LogP contribution in [0, 0.1) is 0 Å². The molecule has 106 valence electrons. The normalized spacial score (nSPS) is 24.7. The number of rotatable bonds is 3. The van der Waals surface area contributed by atoms with Crippen molar-refractivity contribution in [3.63, 3.8) is 0 Å². The molecule has 0 spiro atoms. The van der Waals surface area contributed by atoms with Gasteiger partial charge < -0.3 is 10.5 Å². The molecule has 0 radical (unpaired) electrons. The number of ether oxygens (including phenoxy) is 1. The van der Waals surface area contributed by atoms with E-state index < -0.39 is 0 Å². The third-order valence-corrected chi connectivity index (χ3v) is 3.82. The second kappa shape index (κ2) is 5.51. The molecule has 2 atom stereocenters. The largest absolute Gasteiger partial charge is 0.494 e. The summed E-state index contributed by atoms with van der Waals surface area (Å²) in [6.45, 7) is 10.5. The lowest BCUT2D eigenvalue weighted by molar-refractivity contribution is 0.117. The first-order chi connectivity index (χ1) is 8.93. The fraction of sp³-hybridized carbons (Fsp3) is 0.625. The fourth-order valence-electron chi connectivity index (χ4n) is 2.95. The smallest absolute Gasteiger partial charge is 0.119 e. The predicted octanol–water partition coefficient (Wildman–Crippen LogP) is 2.96. The Bertz CT molecular complexity index is 425. The van der Waals surface area contributed by atoms with Crippen LogP contribution in [0.1, 0.15) is 45.7 Å². The molecule has 1 fully saturated rings. The molecular formula is C16H26N2O. The molecule has 2 unspecified atom stereocenters. The second-order valence-electron chi connectivity index (χ2n) is 6.27. The van der Waals surface area contributed by atoms with Gasteiger partial charge >= 0.3 is 0 Å². The highest BCUT2D eigenvalue weighted by Crippen LogP contribution is 2.37. The summed E-state index contributed by atoms with van der Waals surface area (Å²) in [5, 5.41) is 0. The highest BCUT2D eigenvalue weighted by Gasteiger charge is 2.38. The zero-order valence-corrected chi connectivity index (χ0v) is 12.5. The Morgan fingerprint density at radius 3 is 2.74 bits per heavy atom. The maximum atomic E-state index is 6.34. The average molecular weight is 262 g/mol. The van der Waals surface area contributed by atoms with Gasteiger partial charge in [-0.3, -0.25) is 4.90 Å². The van der Waals surface area contributed by atoms with Crippen molar-refractivity contribution in [3.8, 4) is 5.75 Å². The van der Waals surface area contributed by atoms with Gasteiger partial charge in [-0.1, -0.05) is 12.1 Å². The SMILES string of the molecule is CCOc1cccc(C2C(N)CCN2C(C)(C)C)c1. The van der Waals surface area contributed by atoms with Crippen LogP contribution in [-0.2, 0) is 0 Å². The minimum atomic E-state index is 0.139. The molecule has 1 aromatic rings. The minimum Gasteiger partial charge on any atom is -0.494 e. The number of hydrogen-bond donors (Lipinski definition) is 1. The first kappa shape index (κ1) is 14.4. The van der Waals surface area contributed by atoms with Crippen LogP contribution in [0.25, 0.3) is 0 Å². The van der Waals surface area contributed by atoms with E-state index in [-0.39, 0.29) is 11.6 Å². The summed E-state index contributed by atoms with van der Waals surface area (Å²) in [5.41, 5.74) is 7.75. The molecule has 1 aliphatic heterocycles. The summed E-state index contributed by atoms with van der Waals surface area (Å²) in [6.07, 6.45) is 1.06. The average Bonchev–Trinajstić information content (AvgIpc) is 2.72. The highest BCUT2D eigenvalue weighted by atomic mass is 16.5. The summed E-state index contributed by atoms with van der Waals surface area (Å²) in [5.74, 6) is 0.938. The number of likely N-dealkylation sites (tertiary alicyclic amines) is 1. The van der Waals surface area contributed by atoms with Crippen LogP contribution in [-0.4, -0.2) is 29.6 Å². The molecule has 0 aliphatic carbocycles. The van der Waals surface area contributed by atoms with Crippen molar-refractivity contribution in [3.05, 3.63) is 29.8 Å². The number of hydrogen-bond acceptors (Lipinski definition) is 3. The van der Waals surface area contributed by atoms with E-state index in [1.807, 2.05) is 13.0 Å². The van der Waals surface area contributed by atoms with E-state index >= 15 is 0 Å². The lowest BCUT2D eigenvalue weighted by atomic mass is 9.97. The third-order valence-electron chi connectivity index (χ3n) is 3.82. The summed E-state index contributed by atoms with van der Waals surface area (Å²) in [6, 6.07) is 8.87. The zero-order valence-electron chi connectivity index (χ0n) is 12.5. The molecule has 1 aliphatic rings. The van der Waals surface area contributed by atoms with E-state index in [1.165, 1.54) is 5.56 Å². The van der Waals surface area contributed by atoms with Gasteiger partial charge in [-0.2, -0.15) is 0 Å². The maximum Gasteiger partial charge on any atom is 0.119 e. The summed E-state index contributed by atoms with van der Waals surface area (Å²) >= 11 is 0. The minimum absolute atomic E-state index is 0.139. The second-order valence-corrected chi connectivity index (χ2v) is 6.27. The van der Waals surface area contributed by atoms with Crippen molar-refractivity contribution in [2.45, 2.75) is 51.7 Å². The molecule has 2 rings (SSSR count). The molecule has 3 nitrogen and oxygen atoms in total. The van der Waals surface area contributed by atoms with E-state index in [2.05, 4.69) is 43.9 Å². The summed E-state index contributed by atoms with van der Waals surface area (Å²) in [7, 11) is 0. The van der Waals surface area contributed by atoms with E-state index in [9.17, 15) is 0 Å². The molecule has 2 N–H and O–H groups in total. The predicted molar refractivity (Wildman–Crippen MR) is 79.4 cm³/mol. The lowest BCUT2D eigenvalue weighted by Gasteiger charge is -2.38. The van der Waals surface area contributed by atoms with Crippen LogP contribution in [0.5, 0.6) is 5.75 Å². The van der Waals surface area contributed by atoms with E-state index in [1.54, 1.807) is 0 Å². The monoisotopic (exact) mass is 262 g/mol. The van der Waals surface area contributed by atoms with Crippen LogP contribution in [0.2, 0.25) is 0 Å². The van der Waals surface area contributed by atoms with Crippen molar-refractivity contribution in [2.75, 3.05) is 13.2 Å². The maximum absolute atomic E-state index is 6.34. The molecule has 1 saturated heterocycles. The van der Waals surface area contributed by atoms with Crippen LogP contribution in [0.15, 0.2) is 24.3 Å². The molecule has 19 heavy (non-hydrogen) atoms. The Labute approximate surface area is 116 Å². The molecular weight excluding hydrogens is 236 g/mol. The molecule has 0 bridgehead atoms. The van der Waals surface area contributed by atoms with Gasteiger partial charge in [0.15, 0.2) is 0 Å². The molecule has 0 saturated carbocycles. The topological polar surface area (TPSA) is 38.5 Å². The van der Waals surface area contributed by atoms with Gasteiger partial charge in [-0.15, -0.1) is 0 Å². The zero-order chi connectivity index (χ0) is 14.0. The van der Waals surface area contributed by atoms with Gasteiger partial charge in [-0.25, -0.2) is 0 Å². The van der Waals surface area contributed by atoms with E-state index in [4.69, 9.17) is 10.5 Å². The van der Waals surface area contributed by atoms with Crippen molar-refractivity contribution >= 4 is 0 Å². The van der Waals surface area contributed by atoms with Gasteiger partial charge in [0.1, 0.15) is 5.75 Å². The van der Waals surface area contributed by atoms with Crippen molar-refractivity contribution in [1.29, 1.82) is 0 Å². The molecule has 0 aromatic heterocycles. The lowest BCUT2D eigenvalue weighted by Crippen LogP contribution is -2.43. The van der Waals surface area contributed by atoms with Gasteiger partial charge in [0.05, 0.1) is 12.6 Å². The molecule has 0 amide bonds. The van der Waals surface area contributed by atoms with Crippen molar-refractivity contribution < 1.29 is 4.74 Å². The standard InChI is InChI=1S/C16H26N2O/c1-5-19-13-8-6-7-12(11-13)15-14(17)9-10-18(15)16(2,3)4/h6-8,11,14-15H,5,9-10,17H2,1-4H3. The Morgan fingerprint density at radius 1 is 1.37 bits per heavy atom. The molecule has 1 heterocycles. The first-order valence-corrected chi connectivity index (χ1v) is 7.18. The first-order valence-electron chi connectivity index (χ1n) is 7.18. The van der Waals surface area contributed by atoms with E-state index in [0.29, 0.717) is 12.6 Å². The van der Waals surface area contributed by atoms with Gasteiger partial charge in [0.25, 0.3) is 0 Å². The Hall–Kier alpha value is -1.06. The number of nitrogens with two attached hydrogens (primary N) is 1. The number of nitrogens with zero attached hydrogens (tertiary/aromatic N) is 1. The molecule has 1 aromatic carbocycles. The van der Waals surface area contributed by atoms with Crippen LogP contribution in [0.4, 0.5) is 0 Å². The quantitative estimate of drug-likeness (QED) is 0.910. The van der Waals surface area contributed by atoms with Crippen LogP contribution in [0.3, 0.4) is 0 Å². The van der Waals surface area contributed by atoms with Gasteiger partial charge in [0, 0.05) is 18.1 Å². The van der Waals surface area contributed by atoms with Gasteiger partial charge in [0.2, 0.25) is 0 Å².